The van der Waals surface area contributed by atoms with E-state index in [0.717, 1.165) is 36.5 Å². The van der Waals surface area contributed by atoms with E-state index in [1.54, 1.807) is 19.0 Å². The van der Waals surface area contributed by atoms with Crippen molar-refractivity contribution in [1.82, 2.24) is 15.5 Å². The van der Waals surface area contributed by atoms with Crippen LogP contribution in [-0.4, -0.2) is 62.0 Å². The lowest BCUT2D eigenvalue weighted by Gasteiger charge is -2.23. The van der Waals surface area contributed by atoms with E-state index in [2.05, 4.69) is 22.2 Å². The van der Waals surface area contributed by atoms with Crippen molar-refractivity contribution in [1.29, 1.82) is 0 Å². The van der Waals surface area contributed by atoms with Crippen LogP contribution in [0.25, 0.3) is 0 Å². The lowest BCUT2D eigenvalue weighted by molar-refractivity contribution is -0.127. The fraction of sp³-hybridized carbons (Fsp3) is 0.765. The maximum Gasteiger partial charge on any atom is 0.243 e. The molecule has 1 aliphatic carbocycles. The van der Waals surface area contributed by atoms with Crippen LogP contribution < -0.4 is 10.6 Å². The van der Waals surface area contributed by atoms with Crippen molar-refractivity contribution in [3.63, 3.8) is 0 Å². The molecule has 1 saturated carbocycles. The number of nitrogens with one attached hydrogen (secondary N) is 2. The molecule has 0 atom stereocenters. The molecule has 0 unspecified atom stereocenters. The molecule has 0 bridgehead atoms. The molecule has 2 N–H and O–H groups in total. The first-order chi connectivity index (χ1) is 11.1. The highest BCUT2D eigenvalue weighted by Gasteiger charge is 2.14. The molecule has 0 aromatic carbocycles. The van der Waals surface area contributed by atoms with E-state index in [4.69, 9.17) is 0 Å². The van der Waals surface area contributed by atoms with Crippen molar-refractivity contribution in [2.45, 2.75) is 32.1 Å². The summed E-state index contributed by atoms with van der Waals surface area (Å²) in [4.78, 5) is 17.7. The maximum atomic E-state index is 11.7. The molecule has 132 valence electrons. The fourth-order valence-corrected chi connectivity index (χ4v) is 3.08. The van der Waals surface area contributed by atoms with Crippen LogP contribution >= 0.6 is 11.8 Å². The van der Waals surface area contributed by atoms with Gasteiger partial charge in [-0.15, -0.1) is 6.58 Å². The van der Waals surface area contributed by atoms with Crippen molar-refractivity contribution < 1.29 is 4.79 Å². The third-order valence-corrected chi connectivity index (χ3v) is 4.89. The van der Waals surface area contributed by atoms with E-state index in [1.807, 2.05) is 17.8 Å². The highest BCUT2D eigenvalue weighted by molar-refractivity contribution is 7.99. The molecule has 0 radical (unpaired) electrons. The van der Waals surface area contributed by atoms with Crippen LogP contribution in [0, 0.1) is 5.92 Å². The van der Waals surface area contributed by atoms with Crippen LogP contribution in [0.15, 0.2) is 17.6 Å². The lowest BCUT2D eigenvalue weighted by atomic mass is 9.89. The van der Waals surface area contributed by atoms with Crippen LogP contribution in [0.4, 0.5) is 0 Å². The number of thioether (sulfide) groups is 1. The van der Waals surface area contributed by atoms with Gasteiger partial charge in [-0.2, -0.15) is 11.8 Å². The highest BCUT2D eigenvalue weighted by atomic mass is 32.2. The van der Waals surface area contributed by atoms with E-state index < -0.39 is 0 Å². The van der Waals surface area contributed by atoms with Crippen LogP contribution in [-0.2, 0) is 4.79 Å². The van der Waals surface area contributed by atoms with Gasteiger partial charge < -0.3 is 15.5 Å². The Labute approximate surface area is 145 Å². The minimum atomic E-state index is 0.0183. The minimum absolute atomic E-state index is 0.0183. The number of hydrogen-bond acceptors (Lipinski definition) is 3. The number of hydrogen-bond donors (Lipinski definition) is 2. The highest BCUT2D eigenvalue weighted by Crippen LogP contribution is 2.22. The molecular weight excluding hydrogens is 308 g/mol. The topological polar surface area (TPSA) is 56.7 Å². The number of nitrogens with zero attached hydrogens (tertiary/aromatic N) is 2. The Morgan fingerprint density at radius 1 is 1.30 bits per heavy atom. The number of likely N-dealkylation sites (N-methyl/N-ethyl adjacent to an activating group) is 1. The summed E-state index contributed by atoms with van der Waals surface area (Å²) in [7, 11) is 3.51. The van der Waals surface area contributed by atoms with Gasteiger partial charge in [0.25, 0.3) is 0 Å². The van der Waals surface area contributed by atoms with Gasteiger partial charge in [-0.05, 0) is 18.8 Å². The molecule has 5 nitrogen and oxygen atoms in total. The zero-order valence-electron chi connectivity index (χ0n) is 14.6. The second kappa shape index (κ2) is 12.3. The molecule has 0 aromatic heterocycles. The molecule has 0 saturated heterocycles. The summed E-state index contributed by atoms with van der Waals surface area (Å²) in [6.07, 6.45) is 8.55. The van der Waals surface area contributed by atoms with Gasteiger partial charge in [-0.1, -0.05) is 25.3 Å². The summed E-state index contributed by atoms with van der Waals surface area (Å²) >= 11 is 1.83. The van der Waals surface area contributed by atoms with E-state index in [0.29, 0.717) is 0 Å². The minimum Gasteiger partial charge on any atom is -0.356 e. The molecular formula is C17H32N4OS. The van der Waals surface area contributed by atoms with E-state index in [1.165, 1.54) is 32.1 Å². The summed E-state index contributed by atoms with van der Waals surface area (Å²) < 4.78 is 0. The lowest BCUT2D eigenvalue weighted by Crippen LogP contribution is -2.42. The molecule has 23 heavy (non-hydrogen) atoms. The first kappa shape index (κ1) is 19.9. The second-order valence-electron chi connectivity index (χ2n) is 6.13. The molecule has 1 rings (SSSR count). The molecule has 1 aliphatic rings. The fourth-order valence-electron chi connectivity index (χ4n) is 2.50. The van der Waals surface area contributed by atoms with Crippen molar-refractivity contribution in [3.8, 4) is 0 Å². The Balaban J connectivity index is 2.40. The van der Waals surface area contributed by atoms with E-state index >= 15 is 0 Å². The van der Waals surface area contributed by atoms with Crippen LogP contribution in [0.2, 0.25) is 0 Å². The number of carbonyl (C=O) groups excluding carboxylic acids is 1. The molecule has 0 aromatic rings. The molecule has 1 amide bonds. The van der Waals surface area contributed by atoms with Crippen LogP contribution in [0.1, 0.15) is 32.1 Å². The summed E-state index contributed by atoms with van der Waals surface area (Å²) in [6, 6.07) is 0. The van der Waals surface area contributed by atoms with Gasteiger partial charge in [0.05, 0.1) is 0 Å². The Morgan fingerprint density at radius 2 is 2.04 bits per heavy atom. The summed E-state index contributed by atoms with van der Waals surface area (Å²) in [5.74, 6) is 3.46. The van der Waals surface area contributed by atoms with Crippen molar-refractivity contribution in [3.05, 3.63) is 12.7 Å². The predicted octanol–water partition coefficient (Wildman–Crippen LogP) is 2.11. The van der Waals surface area contributed by atoms with Crippen LogP contribution in [0.3, 0.4) is 0 Å². The Morgan fingerprint density at radius 3 is 2.70 bits per heavy atom. The van der Waals surface area contributed by atoms with Gasteiger partial charge in [0.15, 0.2) is 5.96 Å². The summed E-state index contributed by atoms with van der Waals surface area (Å²) in [5, 5.41) is 6.74. The first-order valence-electron chi connectivity index (χ1n) is 8.54. The summed E-state index contributed by atoms with van der Waals surface area (Å²) in [6.45, 7) is 5.69. The SMILES string of the molecule is C=CCSCCNC(=NCC(=O)N(C)C)NCC1CCCCC1. The predicted molar refractivity (Wildman–Crippen MR) is 101 cm³/mol. The van der Waals surface area contributed by atoms with Gasteiger partial charge in [0.1, 0.15) is 6.54 Å². The number of aliphatic imine (C=N–C) groups is 1. The number of carbonyl (C=O) groups is 1. The van der Waals surface area contributed by atoms with Gasteiger partial charge in [0, 0.05) is 38.7 Å². The average molecular weight is 341 g/mol. The van der Waals surface area contributed by atoms with Crippen molar-refractivity contribution in [2.75, 3.05) is 45.2 Å². The first-order valence-corrected chi connectivity index (χ1v) is 9.70. The Hall–Kier alpha value is -1.17. The molecule has 6 heteroatoms. The quantitative estimate of drug-likeness (QED) is 0.292. The van der Waals surface area contributed by atoms with E-state index in [-0.39, 0.29) is 12.5 Å². The third-order valence-electron chi connectivity index (χ3n) is 3.93. The van der Waals surface area contributed by atoms with Crippen LogP contribution in [0.5, 0.6) is 0 Å². The molecule has 0 spiro atoms. The standard InChI is InChI=1S/C17H32N4OS/c1-4-11-23-12-10-18-17(20-14-16(22)21(2)3)19-13-15-8-6-5-7-9-15/h4,15H,1,5-14H2,2-3H3,(H2,18,19,20). The zero-order valence-corrected chi connectivity index (χ0v) is 15.5. The maximum absolute atomic E-state index is 11.7. The summed E-state index contributed by atoms with van der Waals surface area (Å²) in [5.41, 5.74) is 0. The number of guanidine groups is 1. The molecule has 0 heterocycles. The normalized spacial score (nSPS) is 16.0. The smallest absolute Gasteiger partial charge is 0.243 e. The number of rotatable bonds is 9. The Kier molecular flexibility index (Phi) is 10.6. The van der Waals surface area contributed by atoms with E-state index in [9.17, 15) is 4.79 Å². The third kappa shape index (κ3) is 9.54. The van der Waals surface area contributed by atoms with Gasteiger partial charge in [-0.3, -0.25) is 4.79 Å². The Bertz CT molecular complexity index is 379. The second-order valence-corrected chi connectivity index (χ2v) is 7.28. The molecule has 0 aliphatic heterocycles. The largest absolute Gasteiger partial charge is 0.356 e. The van der Waals surface area contributed by atoms with Crippen molar-refractivity contribution >= 4 is 23.6 Å². The van der Waals surface area contributed by atoms with Gasteiger partial charge >= 0.3 is 0 Å². The average Bonchev–Trinajstić information content (AvgIpc) is 2.56. The number of amides is 1. The monoisotopic (exact) mass is 340 g/mol. The van der Waals surface area contributed by atoms with Crippen molar-refractivity contribution in [2.24, 2.45) is 10.9 Å². The van der Waals surface area contributed by atoms with Gasteiger partial charge in [-0.25, -0.2) is 4.99 Å². The zero-order chi connectivity index (χ0) is 16.9. The van der Waals surface area contributed by atoms with Gasteiger partial charge in [0.2, 0.25) is 5.91 Å². The molecule has 1 fully saturated rings.